The molecule has 1 amide bonds. The molecule has 1 aromatic heterocycles. The highest BCUT2D eigenvalue weighted by molar-refractivity contribution is 6.42. The minimum Gasteiger partial charge on any atom is -0.305 e. The highest BCUT2D eigenvalue weighted by Gasteiger charge is 2.14. The van der Waals surface area contributed by atoms with Gasteiger partial charge in [-0.25, -0.2) is 13.5 Å². The van der Waals surface area contributed by atoms with Crippen molar-refractivity contribution in [3.05, 3.63) is 75.9 Å². The average molecular weight is 368 g/mol. The third kappa shape index (κ3) is 3.39. The first-order valence-electron chi connectivity index (χ1n) is 6.71. The zero-order chi connectivity index (χ0) is 17.3. The molecule has 1 N–H and O–H groups in total. The molecule has 0 atom stereocenters. The maximum Gasteiger partial charge on any atom is 0.259 e. The van der Waals surface area contributed by atoms with Crippen LogP contribution in [0.3, 0.4) is 0 Å². The summed E-state index contributed by atoms with van der Waals surface area (Å²) in [6.45, 7) is 0. The molecule has 24 heavy (non-hydrogen) atoms. The van der Waals surface area contributed by atoms with Crippen molar-refractivity contribution in [1.82, 2.24) is 9.78 Å². The number of rotatable bonds is 3. The van der Waals surface area contributed by atoms with Crippen LogP contribution in [0.15, 0.2) is 48.7 Å². The van der Waals surface area contributed by atoms with Gasteiger partial charge < -0.3 is 5.32 Å². The minimum absolute atomic E-state index is 0.204. The number of halogens is 4. The molecule has 0 saturated heterocycles. The summed E-state index contributed by atoms with van der Waals surface area (Å²) in [5, 5.41) is 7.37. The van der Waals surface area contributed by atoms with Crippen LogP contribution in [0.5, 0.6) is 0 Å². The monoisotopic (exact) mass is 367 g/mol. The van der Waals surface area contributed by atoms with Gasteiger partial charge in [-0.15, -0.1) is 0 Å². The Kier molecular flexibility index (Phi) is 4.51. The topological polar surface area (TPSA) is 46.9 Å². The number of aromatic nitrogens is 2. The molecule has 1 heterocycles. The third-order valence-electron chi connectivity index (χ3n) is 3.17. The van der Waals surface area contributed by atoms with Gasteiger partial charge in [-0.3, -0.25) is 4.79 Å². The van der Waals surface area contributed by atoms with E-state index in [1.54, 1.807) is 24.4 Å². The Morgan fingerprint density at radius 3 is 2.54 bits per heavy atom. The number of nitrogens with one attached hydrogen (secondary N) is 1. The van der Waals surface area contributed by atoms with Gasteiger partial charge in [0.15, 0.2) is 5.82 Å². The van der Waals surface area contributed by atoms with E-state index in [0.717, 1.165) is 12.1 Å². The Hall–Kier alpha value is -2.44. The molecule has 0 unspecified atom stereocenters. The number of carbonyl (C=O) groups is 1. The van der Waals surface area contributed by atoms with Crippen molar-refractivity contribution in [3.63, 3.8) is 0 Å². The Balaban J connectivity index is 1.80. The molecule has 8 heteroatoms. The Morgan fingerprint density at radius 2 is 1.83 bits per heavy atom. The number of amides is 1. The molecule has 4 nitrogen and oxygen atoms in total. The second-order valence-electron chi connectivity index (χ2n) is 4.82. The molecule has 0 fully saturated rings. The second-order valence-corrected chi connectivity index (χ2v) is 5.64. The number of hydrogen-bond acceptors (Lipinski definition) is 2. The molecule has 2 aromatic carbocycles. The molecule has 0 bridgehead atoms. The third-order valence-corrected chi connectivity index (χ3v) is 3.91. The Bertz CT molecular complexity index is 927. The fourth-order valence-electron chi connectivity index (χ4n) is 2.02. The van der Waals surface area contributed by atoms with E-state index in [9.17, 15) is 13.6 Å². The van der Waals surface area contributed by atoms with Crippen molar-refractivity contribution >= 4 is 34.9 Å². The molecule has 0 spiro atoms. The van der Waals surface area contributed by atoms with Crippen LogP contribution >= 0.6 is 23.2 Å². The molecule has 0 aliphatic rings. The lowest BCUT2D eigenvalue weighted by Gasteiger charge is -2.05. The summed E-state index contributed by atoms with van der Waals surface area (Å²) in [5.41, 5.74) is 0.360. The Morgan fingerprint density at radius 1 is 1.04 bits per heavy atom. The Labute approximate surface area is 145 Å². The van der Waals surface area contributed by atoms with Gasteiger partial charge in [-0.05, 0) is 30.3 Å². The van der Waals surface area contributed by atoms with Gasteiger partial charge in [0.05, 0.1) is 21.3 Å². The maximum atomic E-state index is 13.6. The SMILES string of the molecule is O=C(Nc1ccn(-c2ccc(Cl)c(Cl)c2)n1)c1ccc(F)cc1F. The van der Waals surface area contributed by atoms with Crippen LogP contribution in [0.25, 0.3) is 5.69 Å². The van der Waals surface area contributed by atoms with Gasteiger partial charge in [0.2, 0.25) is 0 Å². The predicted molar refractivity (Wildman–Crippen MR) is 87.9 cm³/mol. The highest BCUT2D eigenvalue weighted by Crippen LogP contribution is 2.24. The molecule has 0 saturated carbocycles. The molecule has 3 rings (SSSR count). The number of anilines is 1. The van der Waals surface area contributed by atoms with Crippen molar-refractivity contribution in [3.8, 4) is 5.69 Å². The van der Waals surface area contributed by atoms with Crippen LogP contribution < -0.4 is 5.32 Å². The van der Waals surface area contributed by atoms with E-state index in [-0.39, 0.29) is 11.4 Å². The molecular formula is C16H9Cl2F2N3O. The number of nitrogens with zero attached hydrogens (tertiary/aromatic N) is 2. The summed E-state index contributed by atoms with van der Waals surface area (Å²) in [6, 6.07) is 9.18. The van der Waals surface area contributed by atoms with Crippen LogP contribution in [0.1, 0.15) is 10.4 Å². The lowest BCUT2D eigenvalue weighted by atomic mass is 10.2. The van der Waals surface area contributed by atoms with Crippen LogP contribution in [-0.2, 0) is 0 Å². The summed E-state index contributed by atoms with van der Waals surface area (Å²) in [6.07, 6.45) is 1.59. The highest BCUT2D eigenvalue weighted by atomic mass is 35.5. The smallest absolute Gasteiger partial charge is 0.259 e. The van der Waals surface area contributed by atoms with E-state index >= 15 is 0 Å². The van der Waals surface area contributed by atoms with E-state index < -0.39 is 17.5 Å². The number of benzene rings is 2. The van der Waals surface area contributed by atoms with Crippen molar-refractivity contribution in [2.24, 2.45) is 0 Å². The number of carbonyl (C=O) groups excluding carboxylic acids is 1. The van der Waals surface area contributed by atoms with Gasteiger partial charge in [-0.2, -0.15) is 5.10 Å². The zero-order valence-corrected chi connectivity index (χ0v) is 13.4. The van der Waals surface area contributed by atoms with Crippen LogP contribution in [-0.4, -0.2) is 15.7 Å². The lowest BCUT2D eigenvalue weighted by Crippen LogP contribution is -2.14. The van der Waals surface area contributed by atoms with Gasteiger partial charge in [0, 0.05) is 18.3 Å². The normalized spacial score (nSPS) is 10.7. The lowest BCUT2D eigenvalue weighted by molar-refractivity contribution is 0.102. The van der Waals surface area contributed by atoms with E-state index in [1.165, 1.54) is 10.7 Å². The zero-order valence-electron chi connectivity index (χ0n) is 11.9. The second kappa shape index (κ2) is 6.59. The molecule has 3 aromatic rings. The van der Waals surface area contributed by atoms with Gasteiger partial charge in [-0.1, -0.05) is 23.2 Å². The van der Waals surface area contributed by atoms with E-state index in [1.807, 2.05) is 0 Å². The first kappa shape index (κ1) is 16.4. The summed E-state index contributed by atoms with van der Waals surface area (Å²) in [5.74, 6) is -2.23. The summed E-state index contributed by atoms with van der Waals surface area (Å²) >= 11 is 11.8. The quantitative estimate of drug-likeness (QED) is 0.728. The first-order chi connectivity index (χ1) is 11.4. The summed E-state index contributed by atoms with van der Waals surface area (Å²) in [7, 11) is 0. The average Bonchev–Trinajstić information content (AvgIpc) is 2.98. The first-order valence-corrected chi connectivity index (χ1v) is 7.47. The van der Waals surface area contributed by atoms with Crippen molar-refractivity contribution in [2.45, 2.75) is 0 Å². The predicted octanol–water partition coefficient (Wildman–Crippen LogP) is 4.71. The molecule has 0 radical (unpaired) electrons. The molecular weight excluding hydrogens is 359 g/mol. The molecule has 0 aliphatic carbocycles. The molecule has 122 valence electrons. The summed E-state index contributed by atoms with van der Waals surface area (Å²) in [4.78, 5) is 12.0. The van der Waals surface area contributed by atoms with Gasteiger partial charge in [0.25, 0.3) is 5.91 Å². The summed E-state index contributed by atoms with van der Waals surface area (Å²) < 4.78 is 28.0. The van der Waals surface area contributed by atoms with E-state index in [2.05, 4.69) is 10.4 Å². The largest absolute Gasteiger partial charge is 0.305 e. The van der Waals surface area contributed by atoms with Crippen LogP contribution in [0, 0.1) is 11.6 Å². The fraction of sp³-hybridized carbons (Fsp3) is 0. The van der Waals surface area contributed by atoms with Crippen LogP contribution in [0.2, 0.25) is 10.0 Å². The van der Waals surface area contributed by atoms with Crippen molar-refractivity contribution in [1.29, 1.82) is 0 Å². The van der Waals surface area contributed by atoms with Crippen molar-refractivity contribution < 1.29 is 13.6 Å². The van der Waals surface area contributed by atoms with Crippen molar-refractivity contribution in [2.75, 3.05) is 5.32 Å². The molecule has 0 aliphatic heterocycles. The number of hydrogen-bond donors (Lipinski definition) is 1. The fourth-order valence-corrected chi connectivity index (χ4v) is 2.31. The minimum atomic E-state index is -0.948. The van der Waals surface area contributed by atoms with Gasteiger partial charge >= 0.3 is 0 Å². The standard InChI is InChI=1S/C16H9Cl2F2N3O/c17-12-4-2-10(8-13(12)18)23-6-5-15(22-23)21-16(24)11-3-1-9(19)7-14(11)20/h1-8H,(H,21,22,24). The van der Waals surface area contributed by atoms with Crippen LogP contribution in [0.4, 0.5) is 14.6 Å². The van der Waals surface area contributed by atoms with E-state index in [0.29, 0.717) is 21.8 Å². The van der Waals surface area contributed by atoms with Gasteiger partial charge in [0.1, 0.15) is 11.6 Å². The van der Waals surface area contributed by atoms with E-state index in [4.69, 9.17) is 23.2 Å². The maximum absolute atomic E-state index is 13.6.